The third-order valence-electron chi connectivity index (χ3n) is 4.53. The Morgan fingerprint density at radius 1 is 1.31 bits per heavy atom. The predicted octanol–water partition coefficient (Wildman–Crippen LogP) is 1.46. The van der Waals surface area contributed by atoms with Crippen molar-refractivity contribution in [2.45, 2.75) is 11.4 Å². The van der Waals surface area contributed by atoms with Crippen LogP contribution < -0.4 is 0 Å². The number of aromatic nitrogens is 2. The first kappa shape index (κ1) is 18.6. The molecule has 1 aromatic carbocycles. The van der Waals surface area contributed by atoms with E-state index >= 15 is 0 Å². The molecule has 1 aliphatic heterocycles. The third kappa shape index (κ3) is 3.16. The lowest BCUT2D eigenvalue weighted by molar-refractivity contribution is -0.169. The Hall–Kier alpha value is -2.14. The number of H-pyrrole nitrogens is 1. The molecule has 1 aliphatic rings. The van der Waals surface area contributed by atoms with Crippen molar-refractivity contribution in [1.82, 2.24) is 19.2 Å². The van der Waals surface area contributed by atoms with Crippen molar-refractivity contribution in [3.8, 4) is 0 Å². The van der Waals surface area contributed by atoms with E-state index in [2.05, 4.69) is 9.97 Å². The number of carbonyl (C=O) groups is 1. The predicted molar refractivity (Wildman–Crippen MR) is 87.9 cm³/mol. The highest BCUT2D eigenvalue weighted by Gasteiger charge is 2.56. The molecule has 11 heteroatoms. The summed E-state index contributed by atoms with van der Waals surface area (Å²) in [6.07, 6.45) is -3.29. The van der Waals surface area contributed by atoms with Gasteiger partial charge in [-0.05, 0) is 18.2 Å². The van der Waals surface area contributed by atoms with Crippen LogP contribution in [-0.2, 0) is 10.0 Å². The maximum atomic E-state index is 13.4. The van der Waals surface area contributed by atoms with Crippen molar-refractivity contribution in [1.29, 1.82) is 0 Å². The van der Waals surface area contributed by atoms with E-state index in [1.165, 1.54) is 32.6 Å². The van der Waals surface area contributed by atoms with Crippen molar-refractivity contribution in [2.24, 2.45) is 5.92 Å². The molecule has 0 saturated carbocycles. The fourth-order valence-electron chi connectivity index (χ4n) is 3.08. The summed E-state index contributed by atoms with van der Waals surface area (Å²) in [5.74, 6) is -2.78. The average molecular weight is 390 g/mol. The summed E-state index contributed by atoms with van der Waals surface area (Å²) >= 11 is 0. The monoisotopic (exact) mass is 390 g/mol. The largest absolute Gasteiger partial charge is 0.394 e. The lowest BCUT2D eigenvalue weighted by Crippen LogP contribution is -2.43. The van der Waals surface area contributed by atoms with Crippen molar-refractivity contribution in [3.05, 3.63) is 30.1 Å². The molecule has 2 aromatic rings. The molecule has 3 rings (SSSR count). The van der Waals surface area contributed by atoms with Crippen LogP contribution in [0.15, 0.2) is 24.5 Å². The van der Waals surface area contributed by atoms with Crippen LogP contribution in [0.2, 0.25) is 0 Å². The number of nitrogens with zero attached hydrogens (tertiary/aromatic N) is 3. The maximum absolute atomic E-state index is 13.4. The number of amides is 1. The fourth-order valence-corrected chi connectivity index (χ4v) is 4.64. The highest BCUT2D eigenvalue weighted by atomic mass is 32.2. The zero-order valence-electron chi connectivity index (χ0n) is 14.0. The molecule has 0 aliphatic carbocycles. The van der Waals surface area contributed by atoms with Gasteiger partial charge in [-0.25, -0.2) is 17.7 Å². The minimum Gasteiger partial charge on any atom is -0.345 e. The van der Waals surface area contributed by atoms with E-state index in [-0.39, 0.29) is 5.56 Å². The second-order valence-corrected chi connectivity index (χ2v) is 8.72. The van der Waals surface area contributed by atoms with Crippen molar-refractivity contribution >= 4 is 27.0 Å². The number of hydrogen-bond donors (Lipinski definition) is 1. The molecule has 0 spiro atoms. The van der Waals surface area contributed by atoms with Crippen LogP contribution in [0, 0.1) is 5.92 Å². The molecule has 1 N–H and O–H groups in total. The molecule has 26 heavy (non-hydrogen) atoms. The smallest absolute Gasteiger partial charge is 0.345 e. The van der Waals surface area contributed by atoms with Crippen LogP contribution in [0.5, 0.6) is 0 Å². The van der Waals surface area contributed by atoms with Gasteiger partial charge in [0.25, 0.3) is 5.91 Å². The SMILES string of the molecule is CN(C)S(=O)(=O)[C@@H]1CN(C(=O)c2ccc3nc[nH]c3c2)C[C@H]1C(F)(F)F. The number of rotatable bonds is 3. The maximum Gasteiger partial charge on any atom is 0.394 e. The van der Waals surface area contributed by atoms with Gasteiger partial charge in [0, 0.05) is 32.7 Å². The van der Waals surface area contributed by atoms with Gasteiger partial charge in [0.05, 0.1) is 23.3 Å². The normalized spacial score (nSPS) is 21.7. The Morgan fingerprint density at radius 3 is 2.62 bits per heavy atom. The summed E-state index contributed by atoms with van der Waals surface area (Å²) in [7, 11) is -1.82. The van der Waals surface area contributed by atoms with E-state index < -0.39 is 46.4 Å². The Bertz CT molecular complexity index is 939. The lowest BCUT2D eigenvalue weighted by Gasteiger charge is -2.23. The van der Waals surface area contributed by atoms with E-state index in [9.17, 15) is 26.4 Å². The van der Waals surface area contributed by atoms with Gasteiger partial charge in [0.2, 0.25) is 10.0 Å². The van der Waals surface area contributed by atoms with E-state index in [1.54, 1.807) is 6.07 Å². The van der Waals surface area contributed by atoms with Gasteiger partial charge in [-0.1, -0.05) is 0 Å². The summed E-state index contributed by atoms with van der Waals surface area (Å²) in [6, 6.07) is 4.52. The molecule has 1 aromatic heterocycles. The molecule has 7 nitrogen and oxygen atoms in total. The van der Waals surface area contributed by atoms with Gasteiger partial charge in [0.1, 0.15) is 5.25 Å². The number of fused-ring (bicyclic) bond motifs is 1. The van der Waals surface area contributed by atoms with Crippen LogP contribution in [0.4, 0.5) is 13.2 Å². The first-order valence-corrected chi connectivity index (χ1v) is 9.22. The first-order valence-electron chi connectivity index (χ1n) is 7.72. The number of aromatic amines is 1. The molecule has 142 valence electrons. The lowest BCUT2D eigenvalue weighted by atomic mass is 10.1. The van der Waals surface area contributed by atoms with Gasteiger partial charge in [-0.3, -0.25) is 4.79 Å². The summed E-state index contributed by atoms with van der Waals surface area (Å²) in [4.78, 5) is 20.4. The molecular weight excluding hydrogens is 373 g/mol. The summed E-state index contributed by atoms with van der Waals surface area (Å²) in [5, 5.41) is -1.72. The van der Waals surface area contributed by atoms with Gasteiger partial charge >= 0.3 is 6.18 Å². The molecule has 0 bridgehead atoms. The topological polar surface area (TPSA) is 86.4 Å². The van der Waals surface area contributed by atoms with Gasteiger partial charge < -0.3 is 9.88 Å². The molecule has 2 heterocycles. The molecule has 0 radical (unpaired) electrons. The van der Waals surface area contributed by atoms with Crippen molar-refractivity contribution < 1.29 is 26.4 Å². The molecule has 2 atom stereocenters. The van der Waals surface area contributed by atoms with Gasteiger partial charge in [-0.15, -0.1) is 0 Å². The number of benzene rings is 1. The number of hydrogen-bond acceptors (Lipinski definition) is 4. The zero-order valence-corrected chi connectivity index (χ0v) is 14.8. The number of sulfonamides is 1. The molecule has 1 amide bonds. The Labute approximate surface area is 147 Å². The first-order chi connectivity index (χ1) is 12.0. The number of halogens is 3. The highest BCUT2D eigenvalue weighted by molar-refractivity contribution is 7.89. The quantitative estimate of drug-likeness (QED) is 0.860. The van der Waals surface area contributed by atoms with E-state index in [0.29, 0.717) is 11.0 Å². The number of nitrogens with one attached hydrogen (secondary N) is 1. The van der Waals surface area contributed by atoms with E-state index in [1.807, 2.05) is 0 Å². The van der Waals surface area contributed by atoms with Crippen LogP contribution in [-0.4, -0.2) is 72.1 Å². The zero-order chi connectivity index (χ0) is 19.3. The Balaban J connectivity index is 1.92. The van der Waals surface area contributed by atoms with Crippen LogP contribution in [0.3, 0.4) is 0 Å². The average Bonchev–Trinajstić information content (AvgIpc) is 3.19. The van der Waals surface area contributed by atoms with E-state index in [4.69, 9.17) is 0 Å². The van der Waals surface area contributed by atoms with Crippen LogP contribution >= 0.6 is 0 Å². The molecule has 1 saturated heterocycles. The molecule has 1 fully saturated rings. The summed E-state index contributed by atoms with van der Waals surface area (Å²) in [6.45, 7) is -1.20. The van der Waals surface area contributed by atoms with Crippen molar-refractivity contribution in [2.75, 3.05) is 27.2 Å². The van der Waals surface area contributed by atoms with Crippen molar-refractivity contribution in [3.63, 3.8) is 0 Å². The minimum atomic E-state index is -4.73. The minimum absolute atomic E-state index is 0.172. The second-order valence-electron chi connectivity index (χ2n) is 6.36. The number of likely N-dealkylation sites (tertiary alicyclic amines) is 1. The van der Waals surface area contributed by atoms with Gasteiger partial charge in [0.15, 0.2) is 0 Å². The summed E-state index contributed by atoms with van der Waals surface area (Å²) in [5.41, 5.74) is 1.36. The molecular formula is C15H17F3N4O3S. The van der Waals surface area contributed by atoms with Crippen LogP contribution in [0.1, 0.15) is 10.4 Å². The molecule has 0 unspecified atom stereocenters. The standard InChI is InChI=1S/C15H17F3N4O3S/c1-21(2)26(24,25)13-7-22(6-10(13)15(16,17)18)14(23)9-3-4-11-12(5-9)20-8-19-11/h3-5,8,10,13H,6-7H2,1-2H3,(H,19,20)/t10-,13-/m1/s1. The second kappa shape index (κ2) is 6.23. The van der Waals surface area contributed by atoms with Gasteiger partial charge in [-0.2, -0.15) is 13.2 Å². The number of alkyl halides is 3. The van der Waals surface area contributed by atoms with E-state index in [0.717, 1.165) is 9.21 Å². The Morgan fingerprint density at radius 2 is 2.00 bits per heavy atom. The van der Waals surface area contributed by atoms with Crippen LogP contribution in [0.25, 0.3) is 11.0 Å². The Kier molecular flexibility index (Phi) is 4.47. The third-order valence-corrected chi connectivity index (χ3v) is 6.79. The highest BCUT2D eigenvalue weighted by Crippen LogP contribution is 2.38. The number of imidazole rings is 1. The fraction of sp³-hybridized carbons (Fsp3) is 0.467. The summed E-state index contributed by atoms with van der Waals surface area (Å²) < 4.78 is 65.5. The number of carbonyl (C=O) groups excluding carboxylic acids is 1.